The molecule has 0 saturated heterocycles. The monoisotopic (exact) mass is 506 g/mol. The second-order valence-electron chi connectivity index (χ2n) is 8.50. The van der Waals surface area contributed by atoms with Crippen molar-refractivity contribution in [1.29, 1.82) is 0 Å². The van der Waals surface area contributed by atoms with Crippen LogP contribution in [-0.4, -0.2) is 32.2 Å². The number of hydrogen-bond donors (Lipinski definition) is 3. The highest BCUT2D eigenvalue weighted by Gasteiger charge is 2.42. The van der Waals surface area contributed by atoms with Crippen LogP contribution >= 0.6 is 0 Å². The van der Waals surface area contributed by atoms with Gasteiger partial charge in [0.15, 0.2) is 0 Å². The SMILES string of the molecule is CC(=O)NCc1ccc(S(=O)(=O)N2c3ccccc3NC(=O)C2CC(=O)Nc2ccc(C)cc2)cc1. The molecule has 3 aromatic carbocycles. The van der Waals surface area contributed by atoms with Gasteiger partial charge in [-0.25, -0.2) is 8.42 Å². The summed E-state index contributed by atoms with van der Waals surface area (Å²) in [5.41, 5.74) is 2.90. The van der Waals surface area contributed by atoms with Crippen LogP contribution in [0.1, 0.15) is 24.5 Å². The number of aryl methyl sites for hydroxylation is 1. The maximum absolute atomic E-state index is 13.8. The van der Waals surface area contributed by atoms with Crippen LogP contribution in [-0.2, 0) is 31.0 Å². The van der Waals surface area contributed by atoms with E-state index >= 15 is 0 Å². The fourth-order valence-corrected chi connectivity index (χ4v) is 5.51. The molecule has 9 nitrogen and oxygen atoms in total. The van der Waals surface area contributed by atoms with Gasteiger partial charge in [-0.1, -0.05) is 42.0 Å². The van der Waals surface area contributed by atoms with Crippen molar-refractivity contribution < 1.29 is 22.8 Å². The second kappa shape index (κ2) is 10.2. The Morgan fingerprint density at radius 1 is 0.972 bits per heavy atom. The van der Waals surface area contributed by atoms with Crippen LogP contribution in [0.15, 0.2) is 77.7 Å². The van der Waals surface area contributed by atoms with E-state index in [-0.39, 0.29) is 29.5 Å². The van der Waals surface area contributed by atoms with Crippen LogP contribution in [0.25, 0.3) is 0 Å². The van der Waals surface area contributed by atoms with Gasteiger partial charge in [0.05, 0.1) is 22.7 Å². The van der Waals surface area contributed by atoms with Crippen LogP contribution in [0.2, 0.25) is 0 Å². The lowest BCUT2D eigenvalue weighted by Crippen LogP contribution is -2.52. The second-order valence-corrected chi connectivity index (χ2v) is 10.3. The molecule has 10 heteroatoms. The van der Waals surface area contributed by atoms with Crippen molar-refractivity contribution in [2.45, 2.75) is 37.8 Å². The first-order chi connectivity index (χ1) is 17.1. The van der Waals surface area contributed by atoms with Gasteiger partial charge < -0.3 is 16.0 Å². The molecule has 0 spiro atoms. The molecule has 0 bridgehead atoms. The Bertz CT molecular complexity index is 1400. The Hall–Kier alpha value is -4.18. The van der Waals surface area contributed by atoms with Crippen molar-refractivity contribution in [3.05, 3.63) is 83.9 Å². The van der Waals surface area contributed by atoms with Crippen molar-refractivity contribution in [2.24, 2.45) is 0 Å². The van der Waals surface area contributed by atoms with Gasteiger partial charge in [-0.2, -0.15) is 0 Å². The lowest BCUT2D eigenvalue weighted by molar-refractivity contribution is -0.122. The minimum Gasteiger partial charge on any atom is -0.352 e. The number of carbonyl (C=O) groups is 3. The first-order valence-electron chi connectivity index (χ1n) is 11.3. The topological polar surface area (TPSA) is 125 Å². The van der Waals surface area contributed by atoms with Crippen LogP contribution in [0.4, 0.5) is 17.1 Å². The predicted octanol–water partition coefficient (Wildman–Crippen LogP) is 3.18. The maximum Gasteiger partial charge on any atom is 0.265 e. The molecule has 4 rings (SSSR count). The van der Waals surface area contributed by atoms with Gasteiger partial charge in [0.1, 0.15) is 6.04 Å². The van der Waals surface area contributed by atoms with E-state index in [0.29, 0.717) is 11.4 Å². The standard InChI is InChI=1S/C26H26N4O5S/c1-17-7-11-20(12-8-17)28-25(32)15-24-26(33)29-22-5-3-4-6-23(22)30(24)36(34,35)21-13-9-19(10-14-21)16-27-18(2)31/h3-14,24H,15-16H2,1-2H3,(H,27,31)(H,28,32)(H,29,33). The van der Waals surface area contributed by atoms with Crippen LogP contribution in [0.5, 0.6) is 0 Å². The molecule has 0 radical (unpaired) electrons. The summed E-state index contributed by atoms with van der Waals surface area (Å²) >= 11 is 0. The van der Waals surface area contributed by atoms with E-state index in [0.717, 1.165) is 15.4 Å². The molecule has 3 N–H and O–H groups in total. The van der Waals surface area contributed by atoms with Crippen molar-refractivity contribution in [1.82, 2.24) is 5.32 Å². The lowest BCUT2D eigenvalue weighted by atomic mass is 10.1. The summed E-state index contributed by atoms with van der Waals surface area (Å²) in [5.74, 6) is -1.29. The first-order valence-corrected chi connectivity index (χ1v) is 12.7. The summed E-state index contributed by atoms with van der Waals surface area (Å²) in [6, 6.07) is 18.4. The zero-order valence-electron chi connectivity index (χ0n) is 19.8. The molecule has 1 unspecified atom stereocenters. The van der Waals surface area contributed by atoms with E-state index in [1.54, 1.807) is 48.5 Å². The number of nitrogens with zero attached hydrogens (tertiary/aromatic N) is 1. The molecular formula is C26H26N4O5S. The lowest BCUT2D eigenvalue weighted by Gasteiger charge is -2.36. The van der Waals surface area contributed by atoms with Gasteiger partial charge in [-0.3, -0.25) is 18.7 Å². The highest BCUT2D eigenvalue weighted by molar-refractivity contribution is 7.93. The largest absolute Gasteiger partial charge is 0.352 e. The number of nitrogens with one attached hydrogen (secondary N) is 3. The molecule has 1 atom stereocenters. The van der Waals surface area contributed by atoms with Crippen LogP contribution in [0.3, 0.4) is 0 Å². The maximum atomic E-state index is 13.8. The molecule has 36 heavy (non-hydrogen) atoms. The fraction of sp³-hybridized carbons (Fsp3) is 0.192. The Balaban J connectivity index is 1.65. The molecule has 1 heterocycles. The number of rotatable bonds is 7. The third-order valence-corrected chi connectivity index (χ3v) is 7.56. The summed E-state index contributed by atoms with van der Waals surface area (Å²) < 4.78 is 28.6. The number of benzene rings is 3. The minimum atomic E-state index is -4.22. The molecule has 186 valence electrons. The Morgan fingerprint density at radius 3 is 2.31 bits per heavy atom. The molecule has 1 aliphatic heterocycles. The number of amides is 3. The van der Waals surface area contributed by atoms with E-state index in [2.05, 4.69) is 16.0 Å². The molecule has 1 aliphatic rings. The number of para-hydroxylation sites is 2. The van der Waals surface area contributed by atoms with E-state index < -0.39 is 27.9 Å². The number of hydrogen-bond acceptors (Lipinski definition) is 5. The van der Waals surface area contributed by atoms with Gasteiger partial charge in [0.25, 0.3) is 10.0 Å². The minimum absolute atomic E-state index is 0.0393. The van der Waals surface area contributed by atoms with E-state index in [9.17, 15) is 22.8 Å². The third-order valence-electron chi connectivity index (χ3n) is 5.72. The Labute approximate surface area is 209 Å². The van der Waals surface area contributed by atoms with Crippen molar-refractivity contribution in [3.63, 3.8) is 0 Å². The van der Waals surface area contributed by atoms with Crippen LogP contribution < -0.4 is 20.3 Å². The summed E-state index contributed by atoms with van der Waals surface area (Å²) in [5, 5.41) is 8.10. The molecule has 3 amide bonds. The molecular weight excluding hydrogens is 480 g/mol. The van der Waals surface area contributed by atoms with Gasteiger partial charge in [-0.15, -0.1) is 0 Å². The zero-order chi connectivity index (χ0) is 25.9. The van der Waals surface area contributed by atoms with Crippen molar-refractivity contribution in [3.8, 4) is 0 Å². The normalized spacial score (nSPS) is 15.0. The van der Waals surface area contributed by atoms with Gasteiger partial charge in [-0.05, 0) is 48.9 Å². The van der Waals surface area contributed by atoms with E-state index in [1.165, 1.54) is 19.1 Å². The fourth-order valence-electron chi connectivity index (χ4n) is 3.88. The number of fused-ring (bicyclic) bond motifs is 1. The van der Waals surface area contributed by atoms with Crippen LogP contribution in [0, 0.1) is 6.92 Å². The zero-order valence-corrected chi connectivity index (χ0v) is 20.6. The Morgan fingerprint density at radius 2 is 1.64 bits per heavy atom. The average Bonchev–Trinajstić information content (AvgIpc) is 2.84. The summed E-state index contributed by atoms with van der Waals surface area (Å²) in [6.07, 6.45) is -0.381. The third kappa shape index (κ3) is 5.38. The van der Waals surface area contributed by atoms with E-state index in [1.807, 2.05) is 19.1 Å². The van der Waals surface area contributed by atoms with Gasteiger partial charge in [0, 0.05) is 19.2 Å². The number of anilines is 3. The highest BCUT2D eigenvalue weighted by atomic mass is 32.2. The molecule has 0 fully saturated rings. The summed E-state index contributed by atoms with van der Waals surface area (Å²) in [7, 11) is -4.22. The van der Waals surface area contributed by atoms with Gasteiger partial charge in [0.2, 0.25) is 17.7 Å². The predicted molar refractivity (Wildman–Crippen MR) is 137 cm³/mol. The smallest absolute Gasteiger partial charge is 0.265 e. The number of carbonyl (C=O) groups excluding carboxylic acids is 3. The number of sulfonamides is 1. The summed E-state index contributed by atoms with van der Waals surface area (Å²) in [6.45, 7) is 3.57. The highest BCUT2D eigenvalue weighted by Crippen LogP contribution is 2.37. The average molecular weight is 507 g/mol. The first kappa shape index (κ1) is 24.9. The molecule has 0 aromatic heterocycles. The van der Waals surface area contributed by atoms with E-state index in [4.69, 9.17) is 0 Å². The molecule has 0 aliphatic carbocycles. The molecule has 3 aromatic rings. The Kier molecular flexibility index (Phi) is 7.07. The van der Waals surface area contributed by atoms with Crippen molar-refractivity contribution in [2.75, 3.05) is 14.9 Å². The van der Waals surface area contributed by atoms with Gasteiger partial charge >= 0.3 is 0 Å². The molecule has 0 saturated carbocycles. The summed E-state index contributed by atoms with van der Waals surface area (Å²) in [4.78, 5) is 37.0. The quantitative estimate of drug-likeness (QED) is 0.454. The van der Waals surface area contributed by atoms with Crippen molar-refractivity contribution >= 4 is 44.8 Å².